The van der Waals surface area contributed by atoms with Crippen molar-refractivity contribution in [3.8, 4) is 17.3 Å². The fourth-order valence-corrected chi connectivity index (χ4v) is 2.18. The van der Waals surface area contributed by atoms with E-state index in [2.05, 4.69) is 20.3 Å². The number of nitrogens with zero attached hydrogens (tertiary/aromatic N) is 2. The Morgan fingerprint density at radius 1 is 1.22 bits per heavy atom. The Bertz CT molecular complexity index is 799. The van der Waals surface area contributed by atoms with Crippen molar-refractivity contribution in [3.63, 3.8) is 0 Å². The van der Waals surface area contributed by atoms with Crippen LogP contribution >= 0.6 is 0 Å². The number of aromatic nitrogens is 3. The van der Waals surface area contributed by atoms with Crippen LogP contribution in [0, 0.1) is 0 Å². The molecule has 2 aromatic heterocycles. The highest BCUT2D eigenvalue weighted by atomic mass is 16.5. The number of H-pyrrole nitrogens is 1. The first kappa shape index (κ1) is 14.8. The highest BCUT2D eigenvalue weighted by Crippen LogP contribution is 2.16. The Morgan fingerprint density at radius 3 is 2.91 bits per heavy atom. The summed E-state index contributed by atoms with van der Waals surface area (Å²) in [5.41, 5.74) is 1.60. The van der Waals surface area contributed by atoms with Crippen LogP contribution in [0.3, 0.4) is 0 Å². The minimum absolute atomic E-state index is 0.130. The molecule has 6 nitrogen and oxygen atoms in total. The van der Waals surface area contributed by atoms with Crippen molar-refractivity contribution in [2.75, 3.05) is 12.4 Å². The fraction of sp³-hybridized carbons (Fsp3) is 0.118. The van der Waals surface area contributed by atoms with Crippen LogP contribution < -0.4 is 10.1 Å². The van der Waals surface area contributed by atoms with Crippen LogP contribution in [0.2, 0.25) is 0 Å². The molecule has 116 valence electrons. The minimum atomic E-state index is -0.130. The number of aromatic amines is 1. The van der Waals surface area contributed by atoms with E-state index in [-0.39, 0.29) is 12.3 Å². The topological polar surface area (TPSA) is 79.9 Å². The number of hydrogen-bond acceptors (Lipinski definition) is 4. The molecule has 23 heavy (non-hydrogen) atoms. The molecule has 2 N–H and O–H groups in total. The maximum Gasteiger partial charge on any atom is 0.229 e. The molecule has 1 amide bonds. The van der Waals surface area contributed by atoms with Crippen molar-refractivity contribution in [2.45, 2.75) is 6.42 Å². The molecule has 0 spiro atoms. The number of pyridine rings is 1. The fourth-order valence-electron chi connectivity index (χ4n) is 2.18. The summed E-state index contributed by atoms with van der Waals surface area (Å²) in [6.45, 7) is 0. The lowest BCUT2D eigenvalue weighted by Crippen LogP contribution is -2.14. The van der Waals surface area contributed by atoms with Gasteiger partial charge in [0, 0.05) is 6.20 Å². The minimum Gasteiger partial charge on any atom is -0.497 e. The molecule has 0 radical (unpaired) electrons. The van der Waals surface area contributed by atoms with E-state index in [1.165, 1.54) is 0 Å². The highest BCUT2D eigenvalue weighted by molar-refractivity contribution is 5.91. The van der Waals surface area contributed by atoms with Crippen LogP contribution in [0.4, 0.5) is 5.82 Å². The molecule has 3 rings (SSSR count). The number of hydrogen-bond donors (Lipinski definition) is 2. The van der Waals surface area contributed by atoms with E-state index < -0.39 is 0 Å². The second kappa shape index (κ2) is 6.74. The number of benzene rings is 1. The second-order valence-corrected chi connectivity index (χ2v) is 4.94. The zero-order chi connectivity index (χ0) is 16.1. The second-order valence-electron chi connectivity index (χ2n) is 4.94. The zero-order valence-electron chi connectivity index (χ0n) is 12.6. The maximum absolute atomic E-state index is 12.1. The normalized spacial score (nSPS) is 10.3. The van der Waals surface area contributed by atoms with Crippen molar-refractivity contribution in [1.82, 2.24) is 15.0 Å². The van der Waals surface area contributed by atoms with Crippen molar-refractivity contribution >= 4 is 11.7 Å². The standard InChI is InChI=1S/C17H16N4O2/c1-23-13-6-4-5-12(9-13)10-16(22)20-15-11-19-17(21-15)14-7-2-3-8-18-14/h2-9,11H,10H2,1H3,(H,19,21)(H,20,22). The lowest BCUT2D eigenvalue weighted by molar-refractivity contribution is -0.115. The Kier molecular flexibility index (Phi) is 4.33. The van der Waals surface area contributed by atoms with Crippen molar-refractivity contribution in [1.29, 1.82) is 0 Å². The van der Waals surface area contributed by atoms with Gasteiger partial charge in [0.25, 0.3) is 0 Å². The lowest BCUT2D eigenvalue weighted by atomic mass is 10.1. The summed E-state index contributed by atoms with van der Waals surface area (Å²) in [6.07, 6.45) is 3.53. The SMILES string of the molecule is COc1cccc(CC(=O)Nc2cnc(-c3ccccn3)[nH]2)c1. The van der Waals surface area contributed by atoms with Gasteiger partial charge in [0.2, 0.25) is 5.91 Å². The predicted octanol–water partition coefficient (Wildman–Crippen LogP) is 2.66. The molecule has 0 fully saturated rings. The first-order valence-corrected chi connectivity index (χ1v) is 7.14. The van der Waals surface area contributed by atoms with E-state index in [4.69, 9.17) is 4.74 Å². The van der Waals surface area contributed by atoms with E-state index in [9.17, 15) is 4.79 Å². The number of ether oxygens (including phenoxy) is 1. The molecule has 0 unspecified atom stereocenters. The summed E-state index contributed by atoms with van der Waals surface area (Å²) >= 11 is 0. The Labute approximate surface area is 133 Å². The van der Waals surface area contributed by atoms with Gasteiger partial charge in [0.05, 0.1) is 19.7 Å². The largest absolute Gasteiger partial charge is 0.497 e. The van der Waals surface area contributed by atoms with Crippen LogP contribution in [-0.4, -0.2) is 28.0 Å². The molecule has 0 aliphatic heterocycles. The maximum atomic E-state index is 12.1. The number of amides is 1. The van der Waals surface area contributed by atoms with Gasteiger partial charge in [0.1, 0.15) is 17.3 Å². The Morgan fingerprint density at radius 2 is 2.13 bits per heavy atom. The highest BCUT2D eigenvalue weighted by Gasteiger charge is 2.08. The van der Waals surface area contributed by atoms with E-state index in [1.807, 2.05) is 42.5 Å². The third-order valence-corrected chi connectivity index (χ3v) is 3.26. The average Bonchev–Trinajstić information content (AvgIpc) is 3.04. The molecule has 0 saturated carbocycles. The van der Waals surface area contributed by atoms with Gasteiger partial charge in [-0.1, -0.05) is 18.2 Å². The van der Waals surface area contributed by atoms with Gasteiger partial charge in [0.15, 0.2) is 5.82 Å². The summed E-state index contributed by atoms with van der Waals surface area (Å²) in [4.78, 5) is 23.6. The summed E-state index contributed by atoms with van der Waals surface area (Å²) in [7, 11) is 1.60. The van der Waals surface area contributed by atoms with E-state index >= 15 is 0 Å². The molecule has 2 heterocycles. The average molecular weight is 308 g/mol. The van der Waals surface area contributed by atoms with Gasteiger partial charge < -0.3 is 15.0 Å². The molecular weight excluding hydrogens is 292 g/mol. The smallest absolute Gasteiger partial charge is 0.229 e. The van der Waals surface area contributed by atoms with E-state index in [0.29, 0.717) is 11.6 Å². The summed E-state index contributed by atoms with van der Waals surface area (Å²) in [5, 5.41) is 2.79. The molecular formula is C17H16N4O2. The number of carbonyl (C=O) groups excluding carboxylic acids is 1. The molecule has 0 aliphatic rings. The molecule has 0 saturated heterocycles. The van der Waals surface area contributed by atoms with E-state index in [0.717, 1.165) is 17.0 Å². The molecule has 3 aromatic rings. The van der Waals surface area contributed by atoms with Crippen LogP contribution in [0.1, 0.15) is 5.56 Å². The summed E-state index contributed by atoms with van der Waals surface area (Å²) in [5.74, 6) is 1.75. The van der Waals surface area contributed by atoms with E-state index in [1.54, 1.807) is 19.5 Å². The predicted molar refractivity (Wildman–Crippen MR) is 87.1 cm³/mol. The van der Waals surface area contributed by atoms with Crippen molar-refractivity contribution in [2.24, 2.45) is 0 Å². The molecule has 0 aliphatic carbocycles. The number of methoxy groups -OCH3 is 1. The quantitative estimate of drug-likeness (QED) is 0.759. The Balaban J connectivity index is 1.65. The number of imidazole rings is 1. The molecule has 6 heteroatoms. The van der Waals surface area contributed by atoms with Gasteiger partial charge in [-0.2, -0.15) is 0 Å². The third kappa shape index (κ3) is 3.74. The summed E-state index contributed by atoms with van der Waals surface area (Å²) in [6, 6.07) is 13.0. The van der Waals surface area contributed by atoms with Crippen LogP contribution in [0.25, 0.3) is 11.5 Å². The van der Waals surface area contributed by atoms with Crippen molar-refractivity contribution in [3.05, 3.63) is 60.4 Å². The van der Waals surface area contributed by atoms with Gasteiger partial charge in [-0.05, 0) is 29.8 Å². The lowest BCUT2D eigenvalue weighted by Gasteiger charge is -2.05. The van der Waals surface area contributed by atoms with Crippen LogP contribution in [-0.2, 0) is 11.2 Å². The van der Waals surface area contributed by atoms with Gasteiger partial charge >= 0.3 is 0 Å². The number of nitrogens with one attached hydrogen (secondary N) is 2. The zero-order valence-corrected chi connectivity index (χ0v) is 12.6. The van der Waals surface area contributed by atoms with Gasteiger partial charge in [-0.3, -0.25) is 9.78 Å². The third-order valence-electron chi connectivity index (χ3n) is 3.26. The molecule has 0 atom stereocenters. The first-order chi connectivity index (χ1) is 11.2. The molecule has 1 aromatic carbocycles. The monoisotopic (exact) mass is 308 g/mol. The van der Waals surface area contributed by atoms with Crippen molar-refractivity contribution < 1.29 is 9.53 Å². The molecule has 0 bridgehead atoms. The van der Waals surface area contributed by atoms with Crippen LogP contribution in [0.15, 0.2) is 54.9 Å². The first-order valence-electron chi connectivity index (χ1n) is 7.14. The number of carbonyl (C=O) groups is 1. The summed E-state index contributed by atoms with van der Waals surface area (Å²) < 4.78 is 5.15. The number of rotatable bonds is 5. The van der Waals surface area contributed by atoms with Crippen LogP contribution in [0.5, 0.6) is 5.75 Å². The van der Waals surface area contributed by atoms with Gasteiger partial charge in [-0.25, -0.2) is 4.98 Å². The van der Waals surface area contributed by atoms with Gasteiger partial charge in [-0.15, -0.1) is 0 Å². The Hall–Kier alpha value is -3.15. The number of anilines is 1.